The minimum absolute atomic E-state index is 0.362. The Bertz CT molecular complexity index is 327. The van der Waals surface area contributed by atoms with Crippen LogP contribution in [-0.2, 0) is 4.79 Å². The van der Waals surface area contributed by atoms with Crippen LogP contribution >= 0.6 is 0 Å². The second-order valence-corrected chi connectivity index (χ2v) is 7.20. The lowest BCUT2D eigenvalue weighted by atomic mass is 10.0. The zero-order chi connectivity index (χ0) is 14.5. The van der Waals surface area contributed by atoms with Gasteiger partial charge in [0.1, 0.15) is 0 Å². The fourth-order valence-electron chi connectivity index (χ4n) is 3.56. The van der Waals surface area contributed by atoms with Crippen molar-refractivity contribution in [1.29, 1.82) is 0 Å². The fraction of sp³-hybridized carbons (Fsp3) is 0.941. The quantitative estimate of drug-likeness (QED) is 0.840. The topological polar surface area (TPSA) is 35.6 Å². The molecule has 2 aliphatic heterocycles. The van der Waals surface area contributed by atoms with E-state index in [2.05, 4.69) is 15.1 Å². The molecule has 1 amide bonds. The Morgan fingerprint density at radius 2 is 1.57 bits per heavy atom. The van der Waals surface area contributed by atoms with Gasteiger partial charge in [0.2, 0.25) is 5.91 Å². The average molecular weight is 293 g/mol. The predicted octanol–water partition coefficient (Wildman–Crippen LogP) is 1.85. The van der Waals surface area contributed by atoms with Gasteiger partial charge in [-0.2, -0.15) is 0 Å². The standard InChI is InChI=1S/C17H31N3O/c21-17(20-9-3-1-2-4-10-20)14-19-11-7-16(8-12-19)18-13-15-5-6-15/h15-16,18H,1-14H2. The summed E-state index contributed by atoms with van der Waals surface area (Å²) in [5.41, 5.74) is 0. The highest BCUT2D eigenvalue weighted by molar-refractivity contribution is 5.78. The van der Waals surface area contributed by atoms with Gasteiger partial charge >= 0.3 is 0 Å². The summed E-state index contributed by atoms with van der Waals surface area (Å²) in [6.07, 6.45) is 10.2. The largest absolute Gasteiger partial charge is 0.342 e. The molecule has 0 aromatic rings. The van der Waals surface area contributed by atoms with Crippen LogP contribution < -0.4 is 5.32 Å². The van der Waals surface area contributed by atoms with Crippen molar-refractivity contribution in [2.24, 2.45) is 5.92 Å². The molecule has 0 atom stereocenters. The van der Waals surface area contributed by atoms with Crippen molar-refractivity contribution in [3.63, 3.8) is 0 Å². The van der Waals surface area contributed by atoms with Crippen LogP contribution in [0.5, 0.6) is 0 Å². The van der Waals surface area contributed by atoms with Crippen molar-refractivity contribution in [2.75, 3.05) is 39.3 Å². The second kappa shape index (κ2) is 7.59. The number of likely N-dealkylation sites (tertiary alicyclic amines) is 2. The van der Waals surface area contributed by atoms with Crippen LogP contribution in [0.15, 0.2) is 0 Å². The summed E-state index contributed by atoms with van der Waals surface area (Å²) >= 11 is 0. The molecule has 0 aromatic carbocycles. The number of nitrogens with one attached hydrogen (secondary N) is 1. The summed E-state index contributed by atoms with van der Waals surface area (Å²) in [6.45, 7) is 6.01. The maximum Gasteiger partial charge on any atom is 0.236 e. The van der Waals surface area contributed by atoms with E-state index >= 15 is 0 Å². The lowest BCUT2D eigenvalue weighted by molar-refractivity contribution is -0.132. The SMILES string of the molecule is O=C(CN1CCC(NCC2CC2)CC1)N1CCCCCC1. The third-order valence-electron chi connectivity index (χ3n) is 5.30. The van der Waals surface area contributed by atoms with Gasteiger partial charge in [-0.1, -0.05) is 12.8 Å². The zero-order valence-corrected chi connectivity index (χ0v) is 13.4. The molecule has 3 fully saturated rings. The third-order valence-corrected chi connectivity index (χ3v) is 5.30. The number of amides is 1. The third kappa shape index (κ3) is 4.96. The summed E-state index contributed by atoms with van der Waals surface area (Å²) < 4.78 is 0. The maximum atomic E-state index is 12.4. The molecule has 2 saturated heterocycles. The molecule has 3 rings (SSSR count). The molecule has 21 heavy (non-hydrogen) atoms. The molecule has 0 bridgehead atoms. The van der Waals surface area contributed by atoms with Crippen LogP contribution in [0.25, 0.3) is 0 Å². The van der Waals surface area contributed by atoms with E-state index < -0.39 is 0 Å². The Morgan fingerprint density at radius 3 is 2.19 bits per heavy atom. The number of nitrogens with zero attached hydrogens (tertiary/aromatic N) is 2. The van der Waals surface area contributed by atoms with Gasteiger partial charge in [-0.05, 0) is 51.0 Å². The first kappa shape index (κ1) is 15.3. The predicted molar refractivity (Wildman–Crippen MR) is 85.2 cm³/mol. The van der Waals surface area contributed by atoms with E-state index in [4.69, 9.17) is 0 Å². The molecule has 0 spiro atoms. The highest BCUT2D eigenvalue weighted by Crippen LogP contribution is 2.28. The van der Waals surface area contributed by atoms with Gasteiger partial charge in [-0.3, -0.25) is 9.69 Å². The first-order valence-electron chi connectivity index (χ1n) is 9.05. The summed E-state index contributed by atoms with van der Waals surface area (Å²) in [7, 11) is 0. The van der Waals surface area contributed by atoms with E-state index in [0.717, 1.165) is 32.1 Å². The highest BCUT2D eigenvalue weighted by Gasteiger charge is 2.26. The van der Waals surface area contributed by atoms with Gasteiger partial charge in [0.25, 0.3) is 0 Å². The van der Waals surface area contributed by atoms with Gasteiger partial charge in [0.15, 0.2) is 0 Å². The Labute approximate surface area is 129 Å². The van der Waals surface area contributed by atoms with Gasteiger partial charge in [0.05, 0.1) is 6.54 Å². The highest BCUT2D eigenvalue weighted by atomic mass is 16.2. The van der Waals surface area contributed by atoms with Crippen LogP contribution in [0.3, 0.4) is 0 Å². The first-order valence-corrected chi connectivity index (χ1v) is 9.05. The minimum Gasteiger partial charge on any atom is -0.342 e. The fourth-order valence-corrected chi connectivity index (χ4v) is 3.56. The van der Waals surface area contributed by atoms with E-state index in [1.807, 2.05) is 0 Å². The monoisotopic (exact) mass is 293 g/mol. The van der Waals surface area contributed by atoms with Crippen molar-refractivity contribution in [3.8, 4) is 0 Å². The molecule has 4 nitrogen and oxygen atoms in total. The van der Waals surface area contributed by atoms with Crippen LogP contribution in [0, 0.1) is 5.92 Å². The van der Waals surface area contributed by atoms with Crippen molar-refractivity contribution in [3.05, 3.63) is 0 Å². The Morgan fingerprint density at radius 1 is 0.905 bits per heavy atom. The van der Waals surface area contributed by atoms with E-state index in [1.54, 1.807) is 0 Å². The molecule has 1 aliphatic carbocycles. The van der Waals surface area contributed by atoms with Gasteiger partial charge in [-0.25, -0.2) is 0 Å². The summed E-state index contributed by atoms with van der Waals surface area (Å²) in [5.74, 6) is 1.33. The van der Waals surface area contributed by atoms with E-state index in [9.17, 15) is 4.79 Å². The number of piperidine rings is 1. The second-order valence-electron chi connectivity index (χ2n) is 7.20. The lowest BCUT2D eigenvalue weighted by Gasteiger charge is -2.33. The number of hydrogen-bond acceptors (Lipinski definition) is 3. The van der Waals surface area contributed by atoms with Crippen molar-refractivity contribution in [1.82, 2.24) is 15.1 Å². The smallest absolute Gasteiger partial charge is 0.236 e. The van der Waals surface area contributed by atoms with Crippen molar-refractivity contribution in [2.45, 2.75) is 57.4 Å². The molecular formula is C17H31N3O. The summed E-state index contributed by atoms with van der Waals surface area (Å²) in [5, 5.41) is 3.71. The van der Waals surface area contributed by atoms with Crippen LogP contribution in [0.4, 0.5) is 0 Å². The zero-order valence-electron chi connectivity index (χ0n) is 13.4. The molecule has 1 N–H and O–H groups in total. The van der Waals surface area contributed by atoms with Gasteiger partial charge in [0, 0.05) is 32.2 Å². The molecule has 4 heteroatoms. The molecule has 0 aromatic heterocycles. The molecule has 2 heterocycles. The number of hydrogen-bond donors (Lipinski definition) is 1. The first-order chi connectivity index (χ1) is 10.3. The lowest BCUT2D eigenvalue weighted by Crippen LogP contribution is -2.47. The normalized spacial score (nSPS) is 25.8. The number of carbonyl (C=O) groups is 1. The Balaban J connectivity index is 1.34. The van der Waals surface area contributed by atoms with Crippen LogP contribution in [0.2, 0.25) is 0 Å². The molecule has 0 radical (unpaired) electrons. The van der Waals surface area contributed by atoms with Crippen LogP contribution in [-0.4, -0.2) is 61.0 Å². The number of rotatable bonds is 5. The molecule has 1 saturated carbocycles. The van der Waals surface area contributed by atoms with E-state index in [-0.39, 0.29) is 0 Å². The van der Waals surface area contributed by atoms with Gasteiger partial charge in [-0.15, -0.1) is 0 Å². The minimum atomic E-state index is 0.362. The van der Waals surface area contributed by atoms with E-state index in [1.165, 1.54) is 57.9 Å². The molecule has 3 aliphatic rings. The molecular weight excluding hydrogens is 262 g/mol. The number of carbonyl (C=O) groups excluding carboxylic acids is 1. The van der Waals surface area contributed by atoms with E-state index in [0.29, 0.717) is 18.5 Å². The average Bonchev–Trinajstić information content (AvgIpc) is 3.33. The Hall–Kier alpha value is -0.610. The Kier molecular flexibility index (Phi) is 5.53. The van der Waals surface area contributed by atoms with Crippen LogP contribution in [0.1, 0.15) is 51.4 Å². The summed E-state index contributed by atoms with van der Waals surface area (Å²) in [6, 6.07) is 0.690. The van der Waals surface area contributed by atoms with Crippen molar-refractivity contribution >= 4 is 5.91 Å². The molecule has 0 unspecified atom stereocenters. The van der Waals surface area contributed by atoms with Gasteiger partial charge < -0.3 is 10.2 Å². The molecule has 120 valence electrons. The van der Waals surface area contributed by atoms with Crippen molar-refractivity contribution < 1.29 is 4.79 Å². The summed E-state index contributed by atoms with van der Waals surface area (Å²) in [4.78, 5) is 16.9. The maximum absolute atomic E-state index is 12.4.